The van der Waals surface area contributed by atoms with Crippen molar-refractivity contribution in [1.29, 1.82) is 0 Å². The summed E-state index contributed by atoms with van der Waals surface area (Å²) in [5.74, 6) is -4.80. The molecule has 0 bridgehead atoms. The molecular formula is C23H14Cl2F2N2O4. The van der Waals surface area contributed by atoms with E-state index in [0.29, 0.717) is 6.07 Å². The van der Waals surface area contributed by atoms with Crippen LogP contribution in [-0.4, -0.2) is 28.9 Å². The third-order valence-electron chi connectivity index (χ3n) is 5.05. The van der Waals surface area contributed by atoms with Crippen molar-refractivity contribution in [3.63, 3.8) is 0 Å². The Morgan fingerprint density at radius 3 is 2.52 bits per heavy atom. The SMILES string of the molecule is COc1c(Cl)cc(Cl)cc1/C(O)=C1\C(=O)C(=O)N(c2ccc(F)cc2F)C1c1ccccn1. The third-order valence-corrected chi connectivity index (χ3v) is 5.55. The van der Waals surface area contributed by atoms with Gasteiger partial charge in [-0.05, 0) is 36.4 Å². The number of aromatic nitrogens is 1. The van der Waals surface area contributed by atoms with Gasteiger partial charge in [-0.25, -0.2) is 8.78 Å². The number of ketones is 1. The maximum Gasteiger partial charge on any atom is 0.300 e. The molecular weight excluding hydrogens is 477 g/mol. The molecule has 2 aromatic carbocycles. The number of carbonyl (C=O) groups excluding carboxylic acids is 2. The average Bonchev–Trinajstić information content (AvgIpc) is 3.04. The second kappa shape index (κ2) is 8.80. The summed E-state index contributed by atoms with van der Waals surface area (Å²) in [5.41, 5.74) is -0.633. The topological polar surface area (TPSA) is 79.7 Å². The third kappa shape index (κ3) is 3.92. The summed E-state index contributed by atoms with van der Waals surface area (Å²) in [6, 6.07) is 8.63. The van der Waals surface area contributed by atoms with Crippen molar-refractivity contribution in [2.75, 3.05) is 12.0 Å². The quantitative estimate of drug-likeness (QED) is 0.305. The lowest BCUT2D eigenvalue weighted by molar-refractivity contribution is -0.132. The van der Waals surface area contributed by atoms with Crippen LogP contribution < -0.4 is 9.64 Å². The molecule has 1 saturated heterocycles. The van der Waals surface area contributed by atoms with Gasteiger partial charge < -0.3 is 9.84 Å². The number of benzene rings is 2. The maximum atomic E-state index is 14.7. The number of ether oxygens (including phenoxy) is 1. The second-order valence-electron chi connectivity index (χ2n) is 6.99. The Balaban J connectivity index is 2.02. The highest BCUT2D eigenvalue weighted by molar-refractivity contribution is 6.51. The van der Waals surface area contributed by atoms with Crippen molar-refractivity contribution >= 4 is 46.3 Å². The van der Waals surface area contributed by atoms with Gasteiger partial charge in [0.1, 0.15) is 29.2 Å². The summed E-state index contributed by atoms with van der Waals surface area (Å²) in [6.07, 6.45) is 1.41. The zero-order valence-corrected chi connectivity index (χ0v) is 18.4. The van der Waals surface area contributed by atoms with Crippen molar-refractivity contribution in [2.24, 2.45) is 0 Å². The predicted molar refractivity (Wildman–Crippen MR) is 118 cm³/mol. The number of amides is 1. The van der Waals surface area contributed by atoms with Crippen LogP contribution in [0.4, 0.5) is 14.5 Å². The Labute approximate surface area is 196 Å². The molecule has 4 rings (SSSR count). The summed E-state index contributed by atoms with van der Waals surface area (Å²) in [5, 5.41) is 11.4. The summed E-state index contributed by atoms with van der Waals surface area (Å²) in [7, 11) is 1.30. The number of Topliss-reactive ketones (excluding diaryl/α,β-unsaturated/α-hetero) is 1. The Morgan fingerprint density at radius 2 is 1.88 bits per heavy atom. The van der Waals surface area contributed by atoms with E-state index in [1.54, 1.807) is 12.1 Å². The van der Waals surface area contributed by atoms with Crippen molar-refractivity contribution < 1.29 is 28.2 Å². The lowest BCUT2D eigenvalue weighted by atomic mass is 9.97. The zero-order chi connectivity index (χ0) is 23.9. The number of carbonyl (C=O) groups is 2. The summed E-state index contributed by atoms with van der Waals surface area (Å²) >= 11 is 12.2. The molecule has 1 aromatic heterocycles. The number of aliphatic hydroxyl groups excluding tert-OH is 1. The van der Waals surface area contributed by atoms with E-state index in [0.717, 1.165) is 17.0 Å². The van der Waals surface area contributed by atoms with Crippen LogP contribution in [0.5, 0.6) is 5.75 Å². The van der Waals surface area contributed by atoms with Crippen LogP contribution in [-0.2, 0) is 9.59 Å². The minimum atomic E-state index is -1.33. The van der Waals surface area contributed by atoms with Gasteiger partial charge in [-0.2, -0.15) is 0 Å². The molecule has 1 aliphatic rings. The molecule has 168 valence electrons. The number of hydrogen-bond acceptors (Lipinski definition) is 5. The van der Waals surface area contributed by atoms with E-state index >= 15 is 0 Å². The normalized spacial score (nSPS) is 17.5. The van der Waals surface area contributed by atoms with E-state index in [1.807, 2.05) is 0 Å². The molecule has 1 amide bonds. The van der Waals surface area contributed by atoms with Crippen molar-refractivity contribution in [3.05, 3.63) is 93.2 Å². The molecule has 1 N–H and O–H groups in total. The fourth-order valence-electron chi connectivity index (χ4n) is 3.66. The monoisotopic (exact) mass is 490 g/mol. The van der Waals surface area contributed by atoms with E-state index in [9.17, 15) is 23.5 Å². The molecule has 0 radical (unpaired) electrons. The van der Waals surface area contributed by atoms with Crippen LogP contribution in [0.1, 0.15) is 17.3 Å². The number of nitrogens with zero attached hydrogens (tertiary/aromatic N) is 2. The molecule has 10 heteroatoms. The van der Waals surface area contributed by atoms with Gasteiger partial charge in [-0.3, -0.25) is 19.5 Å². The number of halogens is 4. The van der Waals surface area contributed by atoms with Crippen molar-refractivity contribution in [1.82, 2.24) is 4.98 Å². The van der Waals surface area contributed by atoms with Crippen LogP contribution in [0.25, 0.3) is 5.76 Å². The Kier molecular flexibility index (Phi) is 6.05. The van der Waals surface area contributed by atoms with Crippen LogP contribution in [0, 0.1) is 11.6 Å². The molecule has 1 unspecified atom stereocenters. The highest BCUT2D eigenvalue weighted by Crippen LogP contribution is 2.44. The van der Waals surface area contributed by atoms with Crippen molar-refractivity contribution in [3.8, 4) is 5.75 Å². The van der Waals surface area contributed by atoms with E-state index in [2.05, 4.69) is 4.98 Å². The first kappa shape index (κ1) is 22.7. The lowest BCUT2D eigenvalue weighted by Gasteiger charge is -2.25. The first-order valence-electron chi connectivity index (χ1n) is 9.45. The molecule has 2 heterocycles. The molecule has 0 spiro atoms. The predicted octanol–water partition coefficient (Wildman–Crippen LogP) is 5.30. The number of hydrogen-bond donors (Lipinski definition) is 1. The fourth-order valence-corrected chi connectivity index (χ4v) is 4.23. The molecule has 0 aliphatic carbocycles. The average molecular weight is 491 g/mol. The fraction of sp³-hybridized carbons (Fsp3) is 0.0870. The highest BCUT2D eigenvalue weighted by atomic mass is 35.5. The summed E-state index contributed by atoms with van der Waals surface area (Å²) < 4.78 is 33.4. The second-order valence-corrected chi connectivity index (χ2v) is 7.83. The van der Waals surface area contributed by atoms with E-state index in [-0.39, 0.29) is 38.3 Å². The molecule has 1 fully saturated rings. The Hall–Kier alpha value is -3.49. The van der Waals surface area contributed by atoms with Crippen LogP contribution in [0.3, 0.4) is 0 Å². The van der Waals surface area contributed by atoms with Gasteiger partial charge in [-0.1, -0.05) is 29.3 Å². The van der Waals surface area contributed by atoms with Gasteiger partial charge in [-0.15, -0.1) is 0 Å². The van der Waals surface area contributed by atoms with Crippen LogP contribution in [0.15, 0.2) is 60.3 Å². The number of aliphatic hydroxyl groups is 1. The first-order chi connectivity index (χ1) is 15.7. The highest BCUT2D eigenvalue weighted by Gasteiger charge is 2.48. The van der Waals surface area contributed by atoms with E-state index in [4.69, 9.17) is 27.9 Å². The lowest BCUT2D eigenvalue weighted by Crippen LogP contribution is -2.30. The first-order valence-corrected chi connectivity index (χ1v) is 10.2. The molecule has 1 atom stereocenters. The largest absolute Gasteiger partial charge is 0.507 e. The van der Waals surface area contributed by atoms with E-state index < -0.39 is 35.1 Å². The van der Waals surface area contributed by atoms with Gasteiger partial charge in [0, 0.05) is 17.3 Å². The van der Waals surface area contributed by atoms with Gasteiger partial charge in [0.15, 0.2) is 0 Å². The van der Waals surface area contributed by atoms with Crippen molar-refractivity contribution in [2.45, 2.75) is 6.04 Å². The van der Waals surface area contributed by atoms with Gasteiger partial charge in [0.2, 0.25) is 0 Å². The minimum absolute atomic E-state index is 0.0116. The summed E-state index contributed by atoms with van der Waals surface area (Å²) in [4.78, 5) is 31.1. The Bertz CT molecular complexity index is 1320. The molecule has 1 aliphatic heterocycles. The summed E-state index contributed by atoms with van der Waals surface area (Å²) in [6.45, 7) is 0. The number of rotatable bonds is 4. The maximum absolute atomic E-state index is 14.7. The number of anilines is 1. The molecule has 3 aromatic rings. The van der Waals surface area contributed by atoms with Gasteiger partial charge >= 0.3 is 0 Å². The minimum Gasteiger partial charge on any atom is -0.507 e. The van der Waals surface area contributed by atoms with Gasteiger partial charge in [0.05, 0.1) is 34.7 Å². The Morgan fingerprint density at radius 1 is 1.12 bits per heavy atom. The smallest absolute Gasteiger partial charge is 0.300 e. The molecule has 6 nitrogen and oxygen atoms in total. The van der Waals surface area contributed by atoms with Gasteiger partial charge in [0.25, 0.3) is 11.7 Å². The molecule has 33 heavy (non-hydrogen) atoms. The number of methoxy groups -OCH3 is 1. The van der Waals surface area contributed by atoms with Crippen LogP contribution in [0.2, 0.25) is 10.0 Å². The molecule has 0 saturated carbocycles. The zero-order valence-electron chi connectivity index (χ0n) is 16.9. The van der Waals surface area contributed by atoms with E-state index in [1.165, 1.54) is 31.5 Å². The standard InChI is InChI=1S/C23H14Cl2F2N2O4/c1-33-22-13(8-11(24)9-14(22)25)20(30)18-19(16-4-2-3-7-28-16)29(23(32)21(18)31)17-6-5-12(26)10-15(17)27/h2-10,19,30H,1H3/b20-18+. The number of pyridine rings is 1. The van der Waals surface area contributed by atoms with Crippen LogP contribution >= 0.6 is 23.2 Å².